The van der Waals surface area contributed by atoms with Gasteiger partial charge in [-0.05, 0) is 6.07 Å². The van der Waals surface area contributed by atoms with E-state index in [9.17, 15) is 5.11 Å². The molecule has 0 radical (unpaired) electrons. The largest absolute Gasteiger partial charge is 0.391 e. The van der Waals surface area contributed by atoms with Gasteiger partial charge in [-0.15, -0.1) is 0 Å². The molecule has 0 unspecified atom stereocenters. The van der Waals surface area contributed by atoms with E-state index in [0.29, 0.717) is 25.6 Å². The molecule has 3 atom stereocenters. The Morgan fingerprint density at radius 3 is 2.84 bits per heavy atom. The van der Waals surface area contributed by atoms with E-state index < -0.39 is 6.10 Å². The molecule has 3 rings (SSSR count). The fourth-order valence-corrected chi connectivity index (χ4v) is 2.57. The van der Waals surface area contributed by atoms with Crippen LogP contribution >= 0.6 is 0 Å². The number of ether oxygens (including phenoxy) is 1. The molecular formula is C12H19N5O2. The van der Waals surface area contributed by atoms with E-state index in [2.05, 4.69) is 10.1 Å². The number of hydrogen-bond donors (Lipinski definition) is 2. The minimum atomic E-state index is -0.397. The summed E-state index contributed by atoms with van der Waals surface area (Å²) < 4.78 is 7.04. The van der Waals surface area contributed by atoms with Crippen molar-refractivity contribution in [2.24, 2.45) is 10.7 Å². The van der Waals surface area contributed by atoms with Crippen LogP contribution in [0.5, 0.6) is 0 Å². The van der Waals surface area contributed by atoms with Crippen LogP contribution in [-0.2, 0) is 4.74 Å². The summed E-state index contributed by atoms with van der Waals surface area (Å²) in [6.45, 7) is 2.92. The third-order valence-corrected chi connectivity index (χ3v) is 3.73. The summed E-state index contributed by atoms with van der Waals surface area (Å²) in [7, 11) is 0. The van der Waals surface area contributed by atoms with Gasteiger partial charge in [0.15, 0.2) is 5.96 Å². The van der Waals surface area contributed by atoms with Crippen LogP contribution in [0.15, 0.2) is 23.5 Å². The van der Waals surface area contributed by atoms with Gasteiger partial charge in [-0.1, -0.05) is 0 Å². The van der Waals surface area contributed by atoms with Gasteiger partial charge in [0.1, 0.15) is 6.04 Å². The van der Waals surface area contributed by atoms with E-state index in [1.165, 1.54) is 0 Å². The second-order valence-electron chi connectivity index (χ2n) is 4.93. The molecule has 7 heteroatoms. The van der Waals surface area contributed by atoms with Gasteiger partial charge >= 0.3 is 0 Å². The lowest BCUT2D eigenvalue weighted by molar-refractivity contribution is 0.00624. The number of aliphatic imine (C=N–C) groups is 1. The van der Waals surface area contributed by atoms with Crippen LogP contribution in [0.1, 0.15) is 12.5 Å². The lowest BCUT2D eigenvalue weighted by Gasteiger charge is -2.40. The fraction of sp³-hybridized carbons (Fsp3) is 0.667. The summed E-state index contributed by atoms with van der Waals surface area (Å²) in [6, 6.07) is 1.74. The number of nitrogens with zero attached hydrogens (tertiary/aromatic N) is 4. The molecule has 2 aliphatic rings. The molecule has 104 valence electrons. The third kappa shape index (κ3) is 2.43. The first kappa shape index (κ1) is 12.4. The van der Waals surface area contributed by atoms with Crippen molar-refractivity contribution in [2.45, 2.75) is 24.6 Å². The first-order valence-corrected chi connectivity index (χ1v) is 6.59. The molecule has 1 aliphatic carbocycles. The minimum Gasteiger partial charge on any atom is -0.391 e. The van der Waals surface area contributed by atoms with Crippen LogP contribution in [0.4, 0.5) is 0 Å². The van der Waals surface area contributed by atoms with Crippen molar-refractivity contribution in [2.75, 3.05) is 26.3 Å². The maximum atomic E-state index is 9.87. The Morgan fingerprint density at radius 2 is 2.21 bits per heavy atom. The lowest BCUT2D eigenvalue weighted by Crippen LogP contribution is -2.50. The number of rotatable bonds is 2. The Labute approximate surface area is 111 Å². The molecule has 1 saturated heterocycles. The van der Waals surface area contributed by atoms with Crippen LogP contribution in [-0.4, -0.2) is 64.2 Å². The van der Waals surface area contributed by atoms with Gasteiger partial charge < -0.3 is 20.5 Å². The molecule has 7 nitrogen and oxygen atoms in total. The average molecular weight is 265 g/mol. The molecule has 1 aromatic rings. The maximum absolute atomic E-state index is 9.87. The number of hydrogen-bond acceptors (Lipinski definition) is 4. The van der Waals surface area contributed by atoms with Crippen LogP contribution in [0, 0.1) is 0 Å². The number of guanidine groups is 1. The molecule has 2 heterocycles. The molecule has 1 aliphatic heterocycles. The molecule has 2 fully saturated rings. The van der Waals surface area contributed by atoms with Crippen LogP contribution < -0.4 is 5.73 Å². The molecule has 1 aromatic heterocycles. The van der Waals surface area contributed by atoms with Crippen molar-refractivity contribution < 1.29 is 9.84 Å². The highest BCUT2D eigenvalue weighted by atomic mass is 16.5. The van der Waals surface area contributed by atoms with Gasteiger partial charge in [-0.3, -0.25) is 4.68 Å². The summed E-state index contributed by atoms with van der Waals surface area (Å²) in [4.78, 5) is 6.56. The van der Waals surface area contributed by atoms with Gasteiger partial charge in [-0.25, -0.2) is 4.99 Å². The fourth-order valence-electron chi connectivity index (χ4n) is 2.57. The Morgan fingerprint density at radius 1 is 1.42 bits per heavy atom. The highest BCUT2D eigenvalue weighted by molar-refractivity contribution is 5.78. The number of aliphatic hydroxyl groups is 1. The van der Waals surface area contributed by atoms with Gasteiger partial charge in [0.05, 0.1) is 25.4 Å². The number of aromatic nitrogens is 2. The van der Waals surface area contributed by atoms with Crippen molar-refractivity contribution in [1.29, 1.82) is 0 Å². The SMILES string of the molecule is NC(=N[C@H]1C[C@@H](O)[C@@H]1n1cccn1)N1CCOCC1. The van der Waals surface area contributed by atoms with Crippen molar-refractivity contribution in [3.8, 4) is 0 Å². The van der Waals surface area contributed by atoms with Crippen molar-refractivity contribution in [3.05, 3.63) is 18.5 Å². The van der Waals surface area contributed by atoms with Gasteiger partial charge in [0, 0.05) is 31.9 Å². The minimum absolute atomic E-state index is 0.00209. The summed E-state index contributed by atoms with van der Waals surface area (Å²) in [6.07, 6.45) is 3.79. The van der Waals surface area contributed by atoms with Gasteiger partial charge in [-0.2, -0.15) is 5.10 Å². The van der Waals surface area contributed by atoms with E-state index in [0.717, 1.165) is 13.1 Å². The van der Waals surface area contributed by atoms with E-state index >= 15 is 0 Å². The Hall–Kier alpha value is -1.60. The number of nitrogens with two attached hydrogens (primary N) is 1. The van der Waals surface area contributed by atoms with E-state index in [1.807, 2.05) is 17.2 Å². The summed E-state index contributed by atoms with van der Waals surface area (Å²) >= 11 is 0. The second kappa shape index (κ2) is 5.18. The Kier molecular flexibility index (Phi) is 3.39. The van der Waals surface area contributed by atoms with E-state index in [-0.39, 0.29) is 12.1 Å². The van der Waals surface area contributed by atoms with Crippen LogP contribution in [0.2, 0.25) is 0 Å². The van der Waals surface area contributed by atoms with Crippen LogP contribution in [0.25, 0.3) is 0 Å². The van der Waals surface area contributed by atoms with Gasteiger partial charge in [0.2, 0.25) is 0 Å². The van der Waals surface area contributed by atoms with Crippen LogP contribution in [0.3, 0.4) is 0 Å². The molecule has 0 aromatic carbocycles. The Balaban J connectivity index is 1.68. The summed E-state index contributed by atoms with van der Waals surface area (Å²) in [5.41, 5.74) is 6.03. The molecule has 3 N–H and O–H groups in total. The van der Waals surface area contributed by atoms with E-state index in [1.54, 1.807) is 10.9 Å². The molecule has 0 amide bonds. The Bertz CT molecular complexity index is 441. The lowest BCUT2D eigenvalue weighted by atomic mass is 9.83. The van der Waals surface area contributed by atoms with Crippen molar-refractivity contribution >= 4 is 5.96 Å². The van der Waals surface area contributed by atoms with E-state index in [4.69, 9.17) is 10.5 Å². The predicted octanol–water partition coefficient (Wildman–Crippen LogP) is -0.796. The molecule has 0 bridgehead atoms. The number of aliphatic hydroxyl groups excluding tert-OH is 1. The molecule has 19 heavy (non-hydrogen) atoms. The second-order valence-corrected chi connectivity index (χ2v) is 4.93. The van der Waals surface area contributed by atoms with Gasteiger partial charge in [0.25, 0.3) is 0 Å². The highest BCUT2D eigenvalue weighted by Gasteiger charge is 2.42. The maximum Gasteiger partial charge on any atom is 0.191 e. The topological polar surface area (TPSA) is 88.9 Å². The average Bonchev–Trinajstić information content (AvgIpc) is 2.92. The number of morpholine rings is 1. The predicted molar refractivity (Wildman–Crippen MR) is 69.7 cm³/mol. The standard InChI is InChI=1S/C12H19N5O2/c13-12(16-4-6-19-7-5-16)15-9-8-10(18)11(9)17-3-1-2-14-17/h1-3,9-11,18H,4-8H2,(H2,13,15)/t9-,10+,11+/m0/s1. The zero-order chi connectivity index (χ0) is 13.2. The first-order chi connectivity index (χ1) is 9.25. The smallest absolute Gasteiger partial charge is 0.191 e. The zero-order valence-electron chi connectivity index (χ0n) is 10.7. The molecular weight excluding hydrogens is 246 g/mol. The molecule has 1 saturated carbocycles. The summed E-state index contributed by atoms with van der Waals surface area (Å²) in [5, 5.41) is 14.0. The summed E-state index contributed by atoms with van der Waals surface area (Å²) in [5.74, 6) is 0.539. The highest BCUT2D eigenvalue weighted by Crippen LogP contribution is 2.34. The normalized spacial score (nSPS) is 32.2. The zero-order valence-corrected chi connectivity index (χ0v) is 10.7. The quantitative estimate of drug-likeness (QED) is 0.540. The van der Waals surface area contributed by atoms with Crippen molar-refractivity contribution in [3.63, 3.8) is 0 Å². The third-order valence-electron chi connectivity index (χ3n) is 3.73. The first-order valence-electron chi connectivity index (χ1n) is 6.59. The molecule has 0 spiro atoms. The monoisotopic (exact) mass is 265 g/mol. The van der Waals surface area contributed by atoms with Crippen molar-refractivity contribution in [1.82, 2.24) is 14.7 Å².